The molecule has 0 heterocycles. The Balaban J connectivity index is 2.11. The molecular weight excluding hydrogens is 324 g/mol. The molecule has 0 aliphatic carbocycles. The molecule has 128 valence electrons. The molecule has 0 aliphatic heterocycles. The average Bonchev–Trinajstić information content (AvgIpc) is 2.45. The first kappa shape index (κ1) is 18.9. The second-order valence-electron chi connectivity index (χ2n) is 9.20. The SMILES string of the molecule is C[Si](C)(C)Cc1ccc(C(=O)c2ccc(C[Si](C)(C)C)cc2)cc1. The van der Waals surface area contributed by atoms with E-state index in [1.165, 1.54) is 11.1 Å². The van der Waals surface area contributed by atoms with Crippen LogP contribution in [0.25, 0.3) is 0 Å². The zero-order chi connectivity index (χ0) is 18.0. The van der Waals surface area contributed by atoms with Crippen molar-refractivity contribution in [1.29, 1.82) is 0 Å². The highest BCUT2D eigenvalue weighted by Crippen LogP contribution is 2.17. The van der Waals surface area contributed by atoms with Crippen LogP contribution in [0.1, 0.15) is 27.0 Å². The van der Waals surface area contributed by atoms with E-state index in [0.717, 1.165) is 23.2 Å². The monoisotopic (exact) mass is 354 g/mol. The van der Waals surface area contributed by atoms with Crippen molar-refractivity contribution < 1.29 is 4.79 Å². The Morgan fingerprint density at radius 1 is 0.625 bits per heavy atom. The van der Waals surface area contributed by atoms with Gasteiger partial charge in [-0.3, -0.25) is 4.79 Å². The van der Waals surface area contributed by atoms with Gasteiger partial charge in [0.25, 0.3) is 0 Å². The molecule has 2 aromatic rings. The molecule has 0 saturated carbocycles. The van der Waals surface area contributed by atoms with Crippen molar-refractivity contribution in [2.45, 2.75) is 51.4 Å². The summed E-state index contributed by atoms with van der Waals surface area (Å²) in [6.07, 6.45) is 0. The maximum Gasteiger partial charge on any atom is 0.193 e. The summed E-state index contributed by atoms with van der Waals surface area (Å²) >= 11 is 0. The van der Waals surface area contributed by atoms with Crippen LogP contribution in [0.5, 0.6) is 0 Å². The van der Waals surface area contributed by atoms with Gasteiger partial charge >= 0.3 is 0 Å². The van der Waals surface area contributed by atoms with Crippen LogP contribution in [0.3, 0.4) is 0 Å². The maximum atomic E-state index is 12.7. The summed E-state index contributed by atoms with van der Waals surface area (Å²) in [6, 6.07) is 18.7. The van der Waals surface area contributed by atoms with Crippen molar-refractivity contribution >= 4 is 21.9 Å². The molecule has 0 aliphatic rings. The highest BCUT2D eigenvalue weighted by Gasteiger charge is 2.16. The lowest BCUT2D eigenvalue weighted by Gasteiger charge is -2.16. The normalized spacial score (nSPS) is 12.2. The molecule has 3 heteroatoms. The van der Waals surface area contributed by atoms with Crippen LogP contribution in [0, 0.1) is 0 Å². The zero-order valence-electron chi connectivity index (χ0n) is 15.9. The molecule has 2 aromatic carbocycles. The van der Waals surface area contributed by atoms with Gasteiger partial charge in [0.15, 0.2) is 5.78 Å². The molecule has 0 bridgehead atoms. The van der Waals surface area contributed by atoms with Gasteiger partial charge < -0.3 is 0 Å². The second-order valence-corrected chi connectivity index (χ2v) is 20.1. The number of hydrogen-bond donors (Lipinski definition) is 0. The van der Waals surface area contributed by atoms with Crippen molar-refractivity contribution in [3.63, 3.8) is 0 Å². The van der Waals surface area contributed by atoms with Crippen LogP contribution >= 0.6 is 0 Å². The van der Waals surface area contributed by atoms with Crippen LogP contribution in [-0.4, -0.2) is 21.9 Å². The van der Waals surface area contributed by atoms with Crippen molar-refractivity contribution in [2.24, 2.45) is 0 Å². The number of hydrogen-bond acceptors (Lipinski definition) is 1. The van der Waals surface area contributed by atoms with Crippen LogP contribution < -0.4 is 0 Å². The van der Waals surface area contributed by atoms with E-state index in [1.54, 1.807) is 0 Å². The lowest BCUT2D eigenvalue weighted by molar-refractivity contribution is 0.103. The molecule has 0 radical (unpaired) electrons. The summed E-state index contributed by atoms with van der Waals surface area (Å²) in [5, 5.41) is 0. The quantitative estimate of drug-likeness (QED) is 0.476. The summed E-state index contributed by atoms with van der Waals surface area (Å²) in [5.74, 6) is 0.120. The summed E-state index contributed by atoms with van der Waals surface area (Å²) in [5.41, 5.74) is 4.26. The minimum absolute atomic E-state index is 0.120. The van der Waals surface area contributed by atoms with E-state index in [1.807, 2.05) is 24.3 Å². The van der Waals surface area contributed by atoms with Gasteiger partial charge in [0.05, 0.1) is 0 Å². The Hall–Kier alpha value is -1.46. The van der Waals surface area contributed by atoms with Crippen LogP contribution in [0.2, 0.25) is 39.3 Å². The van der Waals surface area contributed by atoms with E-state index in [-0.39, 0.29) is 5.78 Å². The molecule has 24 heavy (non-hydrogen) atoms. The van der Waals surface area contributed by atoms with Gasteiger partial charge in [0, 0.05) is 27.3 Å². The number of ketones is 1. The van der Waals surface area contributed by atoms with E-state index in [2.05, 4.69) is 63.5 Å². The highest BCUT2D eigenvalue weighted by atomic mass is 28.3. The van der Waals surface area contributed by atoms with Gasteiger partial charge in [-0.05, 0) is 12.1 Å². The molecule has 0 fully saturated rings. The largest absolute Gasteiger partial charge is 0.289 e. The lowest BCUT2D eigenvalue weighted by Crippen LogP contribution is -2.23. The van der Waals surface area contributed by atoms with E-state index < -0.39 is 16.1 Å². The molecule has 0 N–H and O–H groups in total. The lowest BCUT2D eigenvalue weighted by atomic mass is 10.0. The van der Waals surface area contributed by atoms with Gasteiger partial charge in [-0.1, -0.05) is 98.9 Å². The third kappa shape index (κ3) is 5.88. The number of benzene rings is 2. The Bertz CT molecular complexity index is 625. The van der Waals surface area contributed by atoms with Crippen molar-refractivity contribution in [2.75, 3.05) is 0 Å². The fraction of sp³-hybridized carbons (Fsp3) is 0.381. The van der Waals surface area contributed by atoms with Gasteiger partial charge in [0.1, 0.15) is 0 Å². The fourth-order valence-corrected chi connectivity index (χ4v) is 5.86. The van der Waals surface area contributed by atoms with Gasteiger partial charge in [-0.2, -0.15) is 0 Å². The Morgan fingerprint density at radius 3 is 1.17 bits per heavy atom. The minimum Gasteiger partial charge on any atom is -0.289 e. The standard InChI is InChI=1S/C21H30OSi2/c1-23(2,3)15-17-7-11-19(12-8-17)21(22)20-13-9-18(10-14-20)16-24(4,5)6/h7-14H,15-16H2,1-6H3. The van der Waals surface area contributed by atoms with E-state index in [4.69, 9.17) is 0 Å². The Morgan fingerprint density at radius 2 is 0.917 bits per heavy atom. The predicted octanol–water partition coefficient (Wildman–Crippen LogP) is 5.76. The summed E-state index contributed by atoms with van der Waals surface area (Å²) in [6.45, 7) is 14.2. The van der Waals surface area contributed by atoms with Gasteiger partial charge in [0.2, 0.25) is 0 Å². The number of rotatable bonds is 6. The van der Waals surface area contributed by atoms with E-state index >= 15 is 0 Å². The number of carbonyl (C=O) groups is 1. The molecule has 0 spiro atoms. The molecule has 0 aromatic heterocycles. The predicted molar refractivity (Wildman–Crippen MR) is 110 cm³/mol. The summed E-state index contributed by atoms with van der Waals surface area (Å²) < 4.78 is 0. The maximum absolute atomic E-state index is 12.7. The summed E-state index contributed by atoms with van der Waals surface area (Å²) in [7, 11) is -2.23. The Kier molecular flexibility index (Phi) is 5.66. The van der Waals surface area contributed by atoms with Crippen molar-refractivity contribution in [1.82, 2.24) is 0 Å². The molecule has 0 atom stereocenters. The van der Waals surface area contributed by atoms with Crippen LogP contribution in [0.4, 0.5) is 0 Å². The third-order valence-electron chi connectivity index (χ3n) is 3.90. The minimum atomic E-state index is -1.11. The molecule has 2 rings (SSSR count). The van der Waals surface area contributed by atoms with E-state index in [9.17, 15) is 4.79 Å². The molecule has 0 saturated heterocycles. The Labute approximate surface area is 149 Å². The summed E-state index contributed by atoms with van der Waals surface area (Å²) in [4.78, 5) is 12.7. The number of carbonyl (C=O) groups excluding carboxylic acids is 1. The molecule has 0 amide bonds. The molecule has 1 nitrogen and oxygen atoms in total. The van der Waals surface area contributed by atoms with Crippen LogP contribution in [0.15, 0.2) is 48.5 Å². The zero-order valence-corrected chi connectivity index (χ0v) is 17.9. The van der Waals surface area contributed by atoms with Crippen molar-refractivity contribution in [3.05, 3.63) is 70.8 Å². The first-order chi connectivity index (χ1) is 11.0. The highest BCUT2D eigenvalue weighted by molar-refractivity contribution is 6.75. The van der Waals surface area contributed by atoms with Gasteiger partial charge in [-0.25, -0.2) is 0 Å². The van der Waals surface area contributed by atoms with Crippen LogP contribution in [-0.2, 0) is 12.1 Å². The van der Waals surface area contributed by atoms with Crippen molar-refractivity contribution in [3.8, 4) is 0 Å². The first-order valence-corrected chi connectivity index (χ1v) is 16.2. The van der Waals surface area contributed by atoms with E-state index in [0.29, 0.717) is 0 Å². The fourth-order valence-electron chi connectivity index (χ4n) is 2.94. The second kappa shape index (κ2) is 7.20. The topological polar surface area (TPSA) is 17.1 Å². The van der Waals surface area contributed by atoms with Gasteiger partial charge in [-0.15, -0.1) is 0 Å². The molecular formula is C21H30OSi2. The average molecular weight is 355 g/mol. The third-order valence-corrected chi connectivity index (χ3v) is 6.84. The first-order valence-electron chi connectivity index (χ1n) is 8.76. The molecule has 0 unspecified atom stereocenters. The smallest absolute Gasteiger partial charge is 0.193 e.